The fourth-order valence-electron chi connectivity index (χ4n) is 2.25. The van der Waals surface area contributed by atoms with Gasteiger partial charge in [0.15, 0.2) is 0 Å². The van der Waals surface area contributed by atoms with E-state index in [-0.39, 0.29) is 12.6 Å². The van der Waals surface area contributed by atoms with E-state index in [1.165, 1.54) is 51.4 Å². The molecule has 0 spiro atoms. The Labute approximate surface area is 130 Å². The van der Waals surface area contributed by atoms with E-state index in [0.29, 0.717) is 12.2 Å². The van der Waals surface area contributed by atoms with E-state index in [1.54, 1.807) is 6.92 Å². The number of esters is 1. The molecule has 0 aliphatic heterocycles. The molecular weight excluding hydrogens is 267 g/mol. The Balaban J connectivity index is 3.06. The molecule has 0 unspecified atom stereocenters. The van der Waals surface area contributed by atoms with Crippen LogP contribution in [0.3, 0.4) is 0 Å². The summed E-state index contributed by atoms with van der Waals surface area (Å²) in [6.07, 6.45) is 14.0. The summed E-state index contributed by atoms with van der Waals surface area (Å²) in [4.78, 5) is 11.1. The van der Waals surface area contributed by atoms with Crippen molar-refractivity contribution in [3.8, 4) is 0 Å². The monoisotopic (exact) mass is 300 g/mol. The van der Waals surface area contributed by atoms with Crippen LogP contribution in [0.15, 0.2) is 12.2 Å². The SMILES string of the molecule is C=C(C)C(=O)OCCCCCCCCCCCCCCF. The van der Waals surface area contributed by atoms with Crippen LogP contribution in [0.2, 0.25) is 0 Å². The molecule has 0 bridgehead atoms. The zero-order valence-corrected chi connectivity index (χ0v) is 13.8. The number of hydrogen-bond donors (Lipinski definition) is 0. The Bertz CT molecular complexity index is 264. The number of halogens is 1. The molecule has 0 aromatic heterocycles. The second-order valence-electron chi connectivity index (χ2n) is 5.85. The van der Waals surface area contributed by atoms with Crippen molar-refractivity contribution in [2.45, 2.75) is 84.0 Å². The van der Waals surface area contributed by atoms with Crippen LogP contribution in [-0.4, -0.2) is 19.3 Å². The summed E-state index contributed by atoms with van der Waals surface area (Å²) in [6.45, 7) is 5.58. The van der Waals surface area contributed by atoms with Gasteiger partial charge in [0.2, 0.25) is 0 Å². The fourth-order valence-corrected chi connectivity index (χ4v) is 2.25. The maximum Gasteiger partial charge on any atom is 0.333 e. The van der Waals surface area contributed by atoms with Gasteiger partial charge < -0.3 is 4.74 Å². The number of unbranched alkanes of at least 4 members (excludes halogenated alkanes) is 11. The predicted octanol–water partition coefficient (Wildman–Crippen LogP) is 5.76. The van der Waals surface area contributed by atoms with E-state index in [1.807, 2.05) is 0 Å². The summed E-state index contributed by atoms with van der Waals surface area (Å²) in [5, 5.41) is 0. The molecular formula is C18H33FO2. The maximum absolute atomic E-state index is 11.9. The number of alkyl halides is 1. The first-order chi connectivity index (χ1) is 10.2. The molecule has 0 saturated heterocycles. The van der Waals surface area contributed by atoms with Crippen LogP contribution in [0.1, 0.15) is 84.0 Å². The lowest BCUT2D eigenvalue weighted by Gasteiger charge is -2.04. The highest BCUT2D eigenvalue weighted by Gasteiger charge is 2.01. The van der Waals surface area contributed by atoms with Gasteiger partial charge in [0.05, 0.1) is 13.3 Å². The van der Waals surface area contributed by atoms with Crippen LogP contribution in [-0.2, 0) is 9.53 Å². The number of carbonyl (C=O) groups is 1. The van der Waals surface area contributed by atoms with Gasteiger partial charge in [0.25, 0.3) is 0 Å². The van der Waals surface area contributed by atoms with E-state index in [2.05, 4.69) is 6.58 Å². The third-order valence-electron chi connectivity index (χ3n) is 3.61. The van der Waals surface area contributed by atoms with E-state index in [0.717, 1.165) is 25.7 Å². The van der Waals surface area contributed by atoms with Crippen molar-refractivity contribution < 1.29 is 13.9 Å². The van der Waals surface area contributed by atoms with Crippen molar-refractivity contribution in [2.75, 3.05) is 13.3 Å². The first-order valence-electron chi connectivity index (χ1n) is 8.57. The third kappa shape index (κ3) is 15.3. The quantitative estimate of drug-likeness (QED) is 0.218. The van der Waals surface area contributed by atoms with Crippen molar-refractivity contribution in [2.24, 2.45) is 0 Å². The molecule has 2 nitrogen and oxygen atoms in total. The summed E-state index contributed by atoms with van der Waals surface area (Å²) in [7, 11) is 0. The lowest BCUT2D eigenvalue weighted by Crippen LogP contribution is -2.05. The highest BCUT2D eigenvalue weighted by Crippen LogP contribution is 2.12. The van der Waals surface area contributed by atoms with E-state index in [4.69, 9.17) is 4.74 Å². The molecule has 0 fully saturated rings. The molecule has 3 heteroatoms. The molecule has 0 aliphatic rings. The number of ether oxygens (including phenoxy) is 1. The van der Waals surface area contributed by atoms with E-state index >= 15 is 0 Å². The maximum atomic E-state index is 11.9. The standard InChI is InChI=1S/C18H33FO2/c1-17(2)18(20)21-16-14-12-10-8-6-4-3-5-7-9-11-13-15-19/h1,3-16H2,2H3. The summed E-state index contributed by atoms with van der Waals surface area (Å²) >= 11 is 0. The van der Waals surface area contributed by atoms with Crippen LogP contribution in [0, 0.1) is 0 Å². The average Bonchev–Trinajstić information content (AvgIpc) is 2.47. The topological polar surface area (TPSA) is 26.3 Å². The van der Waals surface area contributed by atoms with Gasteiger partial charge in [-0.2, -0.15) is 0 Å². The van der Waals surface area contributed by atoms with Gasteiger partial charge in [-0.05, 0) is 19.8 Å². The lowest BCUT2D eigenvalue weighted by molar-refractivity contribution is -0.139. The predicted molar refractivity (Wildman–Crippen MR) is 87.2 cm³/mol. The van der Waals surface area contributed by atoms with Crippen molar-refractivity contribution in [3.63, 3.8) is 0 Å². The number of carbonyl (C=O) groups excluding carboxylic acids is 1. The Morgan fingerprint density at radius 1 is 0.810 bits per heavy atom. The first kappa shape index (κ1) is 20.1. The molecule has 0 aliphatic carbocycles. The smallest absolute Gasteiger partial charge is 0.333 e. The minimum atomic E-state index is -0.276. The minimum absolute atomic E-state index is 0.160. The average molecular weight is 300 g/mol. The highest BCUT2D eigenvalue weighted by molar-refractivity contribution is 5.86. The molecule has 124 valence electrons. The van der Waals surface area contributed by atoms with Gasteiger partial charge in [0, 0.05) is 5.57 Å². The van der Waals surface area contributed by atoms with Gasteiger partial charge >= 0.3 is 5.97 Å². The van der Waals surface area contributed by atoms with Gasteiger partial charge in [-0.25, -0.2) is 4.79 Å². The van der Waals surface area contributed by atoms with Crippen molar-refractivity contribution >= 4 is 5.97 Å². The number of hydrogen-bond acceptors (Lipinski definition) is 2. The molecule has 0 saturated carbocycles. The second kappa shape index (κ2) is 15.5. The Kier molecular flexibility index (Phi) is 14.9. The molecule has 21 heavy (non-hydrogen) atoms. The van der Waals surface area contributed by atoms with Crippen LogP contribution in [0.4, 0.5) is 4.39 Å². The normalized spacial score (nSPS) is 10.6. The molecule has 0 aromatic rings. The largest absolute Gasteiger partial charge is 0.462 e. The number of rotatable bonds is 15. The van der Waals surface area contributed by atoms with Crippen LogP contribution in [0.5, 0.6) is 0 Å². The van der Waals surface area contributed by atoms with Crippen molar-refractivity contribution in [3.05, 3.63) is 12.2 Å². The second-order valence-corrected chi connectivity index (χ2v) is 5.85. The van der Waals surface area contributed by atoms with Crippen LogP contribution < -0.4 is 0 Å². The summed E-state index contributed by atoms with van der Waals surface area (Å²) in [5.74, 6) is -0.276. The molecule has 0 atom stereocenters. The highest BCUT2D eigenvalue weighted by atomic mass is 19.1. The molecule has 0 heterocycles. The Hall–Kier alpha value is -0.860. The molecule has 0 aromatic carbocycles. The third-order valence-corrected chi connectivity index (χ3v) is 3.61. The summed E-state index contributed by atoms with van der Waals surface area (Å²) in [6, 6.07) is 0. The first-order valence-corrected chi connectivity index (χ1v) is 8.57. The molecule has 0 rings (SSSR count). The molecule has 0 amide bonds. The summed E-state index contributed by atoms with van der Waals surface area (Å²) in [5.41, 5.74) is 0.472. The zero-order chi connectivity index (χ0) is 15.8. The van der Waals surface area contributed by atoms with Gasteiger partial charge in [-0.3, -0.25) is 4.39 Å². The van der Waals surface area contributed by atoms with Gasteiger partial charge in [-0.1, -0.05) is 70.8 Å². The van der Waals surface area contributed by atoms with Gasteiger partial charge in [0.1, 0.15) is 0 Å². The molecule has 0 N–H and O–H groups in total. The van der Waals surface area contributed by atoms with Crippen LogP contribution in [0.25, 0.3) is 0 Å². The van der Waals surface area contributed by atoms with Crippen molar-refractivity contribution in [1.82, 2.24) is 0 Å². The Morgan fingerprint density at radius 3 is 1.57 bits per heavy atom. The Morgan fingerprint density at radius 2 is 1.19 bits per heavy atom. The van der Waals surface area contributed by atoms with E-state index < -0.39 is 0 Å². The van der Waals surface area contributed by atoms with Crippen molar-refractivity contribution in [1.29, 1.82) is 0 Å². The fraction of sp³-hybridized carbons (Fsp3) is 0.833. The molecule has 0 radical (unpaired) electrons. The minimum Gasteiger partial charge on any atom is -0.462 e. The van der Waals surface area contributed by atoms with Crippen LogP contribution >= 0.6 is 0 Å². The van der Waals surface area contributed by atoms with Gasteiger partial charge in [-0.15, -0.1) is 0 Å². The zero-order valence-electron chi connectivity index (χ0n) is 13.8. The lowest BCUT2D eigenvalue weighted by atomic mass is 10.1. The van der Waals surface area contributed by atoms with E-state index in [9.17, 15) is 9.18 Å². The summed E-state index contributed by atoms with van der Waals surface area (Å²) < 4.78 is 16.9.